The van der Waals surface area contributed by atoms with E-state index >= 15 is 0 Å². The van der Waals surface area contributed by atoms with E-state index in [0.29, 0.717) is 23.0 Å². The first kappa shape index (κ1) is 11.8. The van der Waals surface area contributed by atoms with Crippen LogP contribution in [0.4, 0.5) is 4.39 Å². The highest BCUT2D eigenvalue weighted by molar-refractivity contribution is 6.31. The van der Waals surface area contributed by atoms with Gasteiger partial charge in [-0.1, -0.05) is 17.7 Å². The third kappa shape index (κ3) is 1.95. The van der Waals surface area contributed by atoms with Crippen molar-refractivity contribution in [2.45, 2.75) is 12.5 Å². The van der Waals surface area contributed by atoms with E-state index < -0.39 is 0 Å². The number of benzene rings is 1. The maximum absolute atomic E-state index is 13.8. The molecule has 1 saturated heterocycles. The fraction of sp³-hybridized carbons (Fsp3) is 0.500. The maximum atomic E-state index is 13.8. The Balaban J connectivity index is 2.42. The summed E-state index contributed by atoms with van der Waals surface area (Å²) >= 11 is 6.09. The van der Waals surface area contributed by atoms with Gasteiger partial charge in [-0.15, -0.1) is 0 Å². The monoisotopic (exact) mass is 242 g/mol. The summed E-state index contributed by atoms with van der Waals surface area (Å²) in [6, 6.07) is 4.84. The van der Waals surface area contributed by atoms with Gasteiger partial charge in [-0.25, -0.2) is 4.39 Å². The van der Waals surface area contributed by atoms with Crippen molar-refractivity contribution in [2.24, 2.45) is 11.7 Å². The van der Waals surface area contributed by atoms with Gasteiger partial charge in [-0.05, 0) is 44.6 Å². The summed E-state index contributed by atoms with van der Waals surface area (Å²) in [6.45, 7) is 1.51. The van der Waals surface area contributed by atoms with Crippen LogP contribution < -0.4 is 5.73 Å². The number of nitrogens with two attached hydrogens (primary N) is 1. The predicted molar refractivity (Wildman–Crippen MR) is 63.9 cm³/mol. The van der Waals surface area contributed by atoms with Crippen molar-refractivity contribution in [1.29, 1.82) is 0 Å². The minimum Gasteiger partial charge on any atom is -0.330 e. The number of hydrogen-bond acceptors (Lipinski definition) is 2. The first-order valence-electron chi connectivity index (χ1n) is 5.49. The van der Waals surface area contributed by atoms with Crippen LogP contribution in [-0.2, 0) is 0 Å². The van der Waals surface area contributed by atoms with Crippen LogP contribution in [0, 0.1) is 11.7 Å². The second kappa shape index (κ2) is 4.70. The first-order valence-corrected chi connectivity index (χ1v) is 5.87. The first-order chi connectivity index (χ1) is 7.65. The van der Waals surface area contributed by atoms with Gasteiger partial charge in [0.15, 0.2) is 0 Å². The molecule has 0 amide bonds. The molecule has 2 rings (SSSR count). The van der Waals surface area contributed by atoms with Crippen molar-refractivity contribution in [2.75, 3.05) is 20.1 Å². The maximum Gasteiger partial charge on any atom is 0.129 e. The number of rotatable bonds is 2. The molecule has 2 atom stereocenters. The Morgan fingerprint density at radius 1 is 1.56 bits per heavy atom. The molecular formula is C12H16ClFN2. The molecule has 2 unspecified atom stereocenters. The highest BCUT2D eigenvalue weighted by Crippen LogP contribution is 2.39. The Bertz CT molecular complexity index is 363. The smallest absolute Gasteiger partial charge is 0.129 e. The van der Waals surface area contributed by atoms with Gasteiger partial charge in [0.05, 0.1) is 0 Å². The van der Waals surface area contributed by atoms with Gasteiger partial charge in [-0.3, -0.25) is 4.90 Å². The largest absolute Gasteiger partial charge is 0.330 e. The molecular weight excluding hydrogens is 227 g/mol. The van der Waals surface area contributed by atoms with Crippen molar-refractivity contribution < 1.29 is 4.39 Å². The molecule has 0 radical (unpaired) electrons. The normalized spacial score (nSPS) is 26.2. The minimum atomic E-state index is -0.232. The van der Waals surface area contributed by atoms with Crippen molar-refractivity contribution >= 4 is 11.6 Å². The highest BCUT2D eigenvalue weighted by Gasteiger charge is 2.34. The zero-order valence-electron chi connectivity index (χ0n) is 9.29. The van der Waals surface area contributed by atoms with Crippen LogP contribution in [0.2, 0.25) is 5.02 Å². The summed E-state index contributed by atoms with van der Waals surface area (Å²) in [5.74, 6) is 0.0594. The molecule has 88 valence electrons. The van der Waals surface area contributed by atoms with E-state index in [1.165, 1.54) is 6.07 Å². The van der Waals surface area contributed by atoms with E-state index in [9.17, 15) is 4.39 Å². The molecule has 1 fully saturated rings. The van der Waals surface area contributed by atoms with Crippen molar-refractivity contribution in [3.8, 4) is 0 Å². The molecule has 2 N–H and O–H groups in total. The summed E-state index contributed by atoms with van der Waals surface area (Å²) in [6.07, 6.45) is 1.00. The topological polar surface area (TPSA) is 29.3 Å². The lowest BCUT2D eigenvalue weighted by atomic mass is 9.93. The Kier molecular flexibility index (Phi) is 3.47. The van der Waals surface area contributed by atoms with E-state index in [0.717, 1.165) is 13.0 Å². The molecule has 1 heterocycles. The Morgan fingerprint density at radius 3 is 2.94 bits per heavy atom. The van der Waals surface area contributed by atoms with Gasteiger partial charge in [0.2, 0.25) is 0 Å². The van der Waals surface area contributed by atoms with Crippen molar-refractivity contribution in [3.63, 3.8) is 0 Å². The molecule has 0 aromatic heterocycles. The lowest BCUT2D eigenvalue weighted by Gasteiger charge is -2.26. The zero-order chi connectivity index (χ0) is 11.7. The molecule has 1 aliphatic rings. The molecule has 1 aliphatic heterocycles. The van der Waals surface area contributed by atoms with Gasteiger partial charge >= 0.3 is 0 Å². The SMILES string of the molecule is CN1CCC(CN)C1c1c(F)cccc1Cl. The summed E-state index contributed by atoms with van der Waals surface area (Å²) < 4.78 is 13.8. The highest BCUT2D eigenvalue weighted by atomic mass is 35.5. The zero-order valence-corrected chi connectivity index (χ0v) is 10.0. The van der Waals surface area contributed by atoms with Crippen LogP contribution >= 0.6 is 11.6 Å². The van der Waals surface area contributed by atoms with Crippen LogP contribution in [-0.4, -0.2) is 25.0 Å². The fourth-order valence-corrected chi connectivity index (χ4v) is 2.80. The van der Waals surface area contributed by atoms with Crippen LogP contribution in [0.3, 0.4) is 0 Å². The molecule has 1 aromatic carbocycles. The van der Waals surface area contributed by atoms with E-state index in [1.54, 1.807) is 12.1 Å². The van der Waals surface area contributed by atoms with E-state index in [1.807, 2.05) is 7.05 Å². The standard InChI is InChI=1S/C12H16ClFN2/c1-16-6-5-8(7-15)12(16)11-9(13)3-2-4-10(11)14/h2-4,8,12H,5-7,15H2,1H3. The Hall–Kier alpha value is -0.640. The predicted octanol–water partition coefficient (Wildman–Crippen LogP) is 2.43. The van der Waals surface area contributed by atoms with Gasteiger partial charge in [0.25, 0.3) is 0 Å². The lowest BCUT2D eigenvalue weighted by molar-refractivity contribution is 0.272. The quantitative estimate of drug-likeness (QED) is 0.863. The van der Waals surface area contributed by atoms with Gasteiger partial charge < -0.3 is 5.73 Å². The fourth-order valence-electron chi connectivity index (χ4n) is 2.52. The minimum absolute atomic E-state index is 0.0127. The molecule has 0 saturated carbocycles. The average Bonchev–Trinajstić information content (AvgIpc) is 2.60. The summed E-state index contributed by atoms with van der Waals surface area (Å²) in [5, 5.41) is 0.497. The molecule has 2 nitrogen and oxygen atoms in total. The molecule has 1 aromatic rings. The Morgan fingerprint density at radius 2 is 2.31 bits per heavy atom. The number of nitrogens with zero attached hydrogens (tertiary/aromatic N) is 1. The third-order valence-corrected chi connectivity index (χ3v) is 3.70. The van der Waals surface area contributed by atoms with Crippen LogP contribution in [0.15, 0.2) is 18.2 Å². The lowest BCUT2D eigenvalue weighted by Crippen LogP contribution is -2.26. The average molecular weight is 243 g/mol. The van der Waals surface area contributed by atoms with E-state index in [-0.39, 0.29) is 11.9 Å². The van der Waals surface area contributed by atoms with Gasteiger partial charge in [-0.2, -0.15) is 0 Å². The van der Waals surface area contributed by atoms with Crippen LogP contribution in [0.25, 0.3) is 0 Å². The summed E-state index contributed by atoms with van der Waals surface area (Å²) in [4.78, 5) is 2.13. The summed E-state index contributed by atoms with van der Waals surface area (Å²) in [7, 11) is 1.99. The number of likely N-dealkylation sites (tertiary alicyclic amines) is 1. The Labute approximate surface area is 100 Å². The number of halogens is 2. The van der Waals surface area contributed by atoms with Crippen molar-refractivity contribution in [1.82, 2.24) is 4.90 Å². The van der Waals surface area contributed by atoms with Crippen LogP contribution in [0.5, 0.6) is 0 Å². The number of hydrogen-bond donors (Lipinski definition) is 1. The van der Waals surface area contributed by atoms with Crippen LogP contribution in [0.1, 0.15) is 18.0 Å². The molecule has 0 spiro atoms. The van der Waals surface area contributed by atoms with E-state index in [4.69, 9.17) is 17.3 Å². The molecule has 4 heteroatoms. The second-order valence-corrected chi connectivity index (χ2v) is 4.75. The molecule has 16 heavy (non-hydrogen) atoms. The van der Waals surface area contributed by atoms with E-state index in [2.05, 4.69) is 4.90 Å². The molecule has 0 aliphatic carbocycles. The van der Waals surface area contributed by atoms with Gasteiger partial charge in [0.1, 0.15) is 5.82 Å². The van der Waals surface area contributed by atoms with Gasteiger partial charge in [0, 0.05) is 16.6 Å². The third-order valence-electron chi connectivity index (χ3n) is 3.37. The molecule has 0 bridgehead atoms. The summed E-state index contributed by atoms with van der Waals surface area (Å²) in [5.41, 5.74) is 6.33. The second-order valence-electron chi connectivity index (χ2n) is 4.35. The van der Waals surface area contributed by atoms with Crippen molar-refractivity contribution in [3.05, 3.63) is 34.6 Å².